The second-order valence-corrected chi connectivity index (χ2v) is 7.94. The van der Waals surface area contributed by atoms with Crippen LogP contribution in [0, 0.1) is 12.7 Å². The van der Waals surface area contributed by atoms with E-state index < -0.39 is 0 Å². The maximum atomic E-state index is 15.1. The first kappa shape index (κ1) is 20.8. The maximum absolute atomic E-state index is 15.1. The quantitative estimate of drug-likeness (QED) is 0.702. The van der Waals surface area contributed by atoms with Crippen LogP contribution in [0.2, 0.25) is 0 Å². The van der Waals surface area contributed by atoms with Crippen molar-refractivity contribution in [3.63, 3.8) is 0 Å². The highest BCUT2D eigenvalue weighted by Crippen LogP contribution is 2.41. The summed E-state index contributed by atoms with van der Waals surface area (Å²) in [7, 11) is 0. The van der Waals surface area contributed by atoms with Crippen LogP contribution < -0.4 is 5.32 Å². The number of nitrogens with zero attached hydrogens (tertiary/aromatic N) is 2. The van der Waals surface area contributed by atoms with Crippen LogP contribution in [0.25, 0.3) is 0 Å². The Balaban J connectivity index is 1.90. The van der Waals surface area contributed by atoms with Gasteiger partial charge in [-0.05, 0) is 55.2 Å². The van der Waals surface area contributed by atoms with E-state index in [9.17, 15) is 0 Å². The lowest BCUT2D eigenvalue weighted by Crippen LogP contribution is -2.28. The molecular weight excluding hydrogens is 389 g/mol. The van der Waals surface area contributed by atoms with Gasteiger partial charge in [-0.15, -0.1) is 0 Å². The van der Waals surface area contributed by atoms with E-state index in [1.165, 1.54) is 0 Å². The minimum atomic E-state index is -0.321. The molecule has 0 bridgehead atoms. The zero-order valence-electron chi connectivity index (χ0n) is 17.8. The van der Waals surface area contributed by atoms with Crippen LogP contribution >= 0.6 is 0 Å². The van der Waals surface area contributed by atoms with Crippen molar-refractivity contribution in [3.8, 4) is 0 Å². The number of nitrogens with one attached hydrogen (secondary N) is 1. The summed E-state index contributed by atoms with van der Waals surface area (Å²) < 4.78 is 20.8. The molecule has 4 rings (SSSR count). The van der Waals surface area contributed by atoms with Crippen molar-refractivity contribution < 1.29 is 9.13 Å². The molecule has 5 heteroatoms. The zero-order valence-corrected chi connectivity index (χ0v) is 17.8. The smallest absolute Gasteiger partial charge is 0.186 e. The van der Waals surface area contributed by atoms with Gasteiger partial charge in [0.2, 0.25) is 0 Å². The lowest BCUT2D eigenvalue weighted by molar-refractivity contribution is 0.298. The van der Waals surface area contributed by atoms with E-state index in [1.807, 2.05) is 12.1 Å². The predicted molar refractivity (Wildman–Crippen MR) is 125 cm³/mol. The number of rotatable bonds is 2. The first-order chi connectivity index (χ1) is 14.8. The molecule has 2 unspecified atom stereocenters. The summed E-state index contributed by atoms with van der Waals surface area (Å²) in [4.78, 5) is 9.64. The van der Waals surface area contributed by atoms with Crippen LogP contribution in [0.15, 0.2) is 95.6 Å². The van der Waals surface area contributed by atoms with Gasteiger partial charge in [0.25, 0.3) is 0 Å². The molecule has 1 aromatic rings. The molecule has 3 heterocycles. The molecule has 158 valence electrons. The number of aryl methyl sites for hydroxylation is 1. The summed E-state index contributed by atoms with van der Waals surface area (Å²) in [5.41, 5.74) is 5.69. The summed E-state index contributed by atoms with van der Waals surface area (Å²) in [5.74, 6) is 0.599. The van der Waals surface area contributed by atoms with Crippen molar-refractivity contribution in [2.45, 2.75) is 31.7 Å². The van der Waals surface area contributed by atoms with Gasteiger partial charge in [-0.25, -0.2) is 4.39 Å². The number of halogens is 1. The first-order valence-corrected chi connectivity index (χ1v) is 10.3. The van der Waals surface area contributed by atoms with Crippen LogP contribution in [0.5, 0.6) is 0 Å². The highest BCUT2D eigenvalue weighted by Gasteiger charge is 2.36. The zero-order chi connectivity index (χ0) is 22.3. The van der Waals surface area contributed by atoms with E-state index in [4.69, 9.17) is 14.7 Å². The third-order valence-electron chi connectivity index (χ3n) is 6.07. The molecule has 0 saturated heterocycles. The third kappa shape index (κ3) is 3.50. The number of hydrogen-bond donors (Lipinski definition) is 1. The first-order valence-electron chi connectivity index (χ1n) is 10.3. The van der Waals surface area contributed by atoms with E-state index in [2.05, 4.69) is 38.2 Å². The summed E-state index contributed by atoms with van der Waals surface area (Å²) in [5, 5.41) is 3.17. The molecule has 1 aromatic carbocycles. The summed E-state index contributed by atoms with van der Waals surface area (Å²) in [6.45, 7) is 22.3. The Hall–Kier alpha value is -3.47. The van der Waals surface area contributed by atoms with Crippen molar-refractivity contribution in [1.82, 2.24) is 5.32 Å². The highest BCUT2D eigenvalue weighted by molar-refractivity contribution is 6.12. The second kappa shape index (κ2) is 7.99. The molecule has 3 aliphatic heterocycles. The summed E-state index contributed by atoms with van der Waals surface area (Å²) in [6, 6.07) is 3.50. The van der Waals surface area contributed by atoms with Gasteiger partial charge in [0.15, 0.2) is 5.88 Å². The van der Waals surface area contributed by atoms with Gasteiger partial charge in [-0.3, -0.25) is 9.98 Å². The number of benzene rings is 1. The Morgan fingerprint density at radius 1 is 1.16 bits per heavy atom. The Bertz CT molecular complexity index is 1140. The van der Waals surface area contributed by atoms with Crippen LogP contribution in [0.1, 0.15) is 35.4 Å². The molecule has 0 aromatic heterocycles. The fourth-order valence-electron chi connectivity index (χ4n) is 4.53. The van der Waals surface area contributed by atoms with E-state index >= 15 is 4.39 Å². The van der Waals surface area contributed by atoms with Gasteiger partial charge in [0, 0.05) is 23.6 Å². The fourth-order valence-corrected chi connectivity index (χ4v) is 4.53. The van der Waals surface area contributed by atoms with E-state index in [-0.39, 0.29) is 17.8 Å². The number of fused-ring (bicyclic) bond motifs is 3. The van der Waals surface area contributed by atoms with E-state index in [0.29, 0.717) is 46.4 Å². The van der Waals surface area contributed by atoms with Crippen LogP contribution in [0.4, 0.5) is 4.39 Å². The molecule has 0 radical (unpaired) electrons. The lowest BCUT2D eigenvalue weighted by atomic mass is 9.78. The molecule has 4 nitrogen and oxygen atoms in total. The predicted octanol–water partition coefficient (Wildman–Crippen LogP) is 5.41. The average Bonchev–Trinajstić information content (AvgIpc) is 2.85. The Morgan fingerprint density at radius 2 is 1.90 bits per heavy atom. The molecule has 3 aliphatic rings. The number of aliphatic imine (C=N–C) groups is 2. The molecule has 0 saturated carbocycles. The minimum absolute atomic E-state index is 0.0661. The molecule has 0 fully saturated rings. The van der Waals surface area contributed by atoms with Gasteiger partial charge in [-0.1, -0.05) is 38.4 Å². The average molecular weight is 416 g/mol. The van der Waals surface area contributed by atoms with Crippen molar-refractivity contribution in [1.29, 1.82) is 0 Å². The Labute approximate surface area is 182 Å². The van der Waals surface area contributed by atoms with Gasteiger partial charge >= 0.3 is 0 Å². The molecular formula is C26H26FN3O. The standard InChI is InChI=1S/C26H26FN3O/c1-7-21-23-16(5)31-17(6)28-13-18(23)10-12-20-19-11-9-14(3)25(27)24(19)22(8-2)30-26(20)15(4)29-21/h7-9,11,20,26,28H,1-2,4-6,10,12-13H2,3H3. The third-order valence-corrected chi connectivity index (χ3v) is 6.07. The fraction of sp³-hybridized carbons (Fsp3) is 0.231. The van der Waals surface area contributed by atoms with E-state index in [0.717, 1.165) is 29.6 Å². The number of ether oxygens (including phenoxy) is 1. The normalized spacial score (nSPS) is 23.4. The van der Waals surface area contributed by atoms with Crippen LogP contribution in [-0.2, 0) is 4.74 Å². The minimum Gasteiger partial charge on any atom is -0.442 e. The Morgan fingerprint density at radius 3 is 2.61 bits per heavy atom. The molecule has 0 spiro atoms. The van der Waals surface area contributed by atoms with Gasteiger partial charge < -0.3 is 10.1 Å². The number of hydrogen-bond acceptors (Lipinski definition) is 4. The monoisotopic (exact) mass is 415 g/mol. The van der Waals surface area contributed by atoms with Gasteiger partial charge in [0.05, 0.1) is 23.2 Å². The van der Waals surface area contributed by atoms with Crippen molar-refractivity contribution in [2.24, 2.45) is 9.98 Å². The topological polar surface area (TPSA) is 46.0 Å². The second-order valence-electron chi connectivity index (χ2n) is 7.94. The molecule has 31 heavy (non-hydrogen) atoms. The lowest BCUT2D eigenvalue weighted by Gasteiger charge is -2.32. The van der Waals surface area contributed by atoms with Crippen molar-refractivity contribution in [2.75, 3.05) is 6.54 Å². The molecule has 0 amide bonds. The SMILES string of the molecule is C=CC1=NC(=C)C2N=C(C=C)c3c(ccc(C)c3F)C2CCC2=C1C(=C)OC(=C)NC2. The molecule has 0 aliphatic carbocycles. The summed E-state index contributed by atoms with van der Waals surface area (Å²) in [6.07, 6.45) is 4.76. The number of allylic oxidation sites excluding steroid dienone is 3. The molecule has 2 atom stereocenters. The highest BCUT2D eigenvalue weighted by atomic mass is 19.1. The summed E-state index contributed by atoms with van der Waals surface area (Å²) >= 11 is 0. The Kier molecular flexibility index (Phi) is 5.36. The van der Waals surface area contributed by atoms with Gasteiger partial charge in [-0.2, -0.15) is 0 Å². The van der Waals surface area contributed by atoms with Crippen molar-refractivity contribution >= 4 is 11.4 Å². The van der Waals surface area contributed by atoms with E-state index in [1.54, 1.807) is 19.1 Å². The van der Waals surface area contributed by atoms with Crippen molar-refractivity contribution in [3.05, 3.63) is 108 Å². The van der Waals surface area contributed by atoms with Crippen LogP contribution in [0.3, 0.4) is 0 Å². The molecule has 1 N–H and O–H groups in total. The largest absolute Gasteiger partial charge is 0.442 e. The van der Waals surface area contributed by atoms with Gasteiger partial charge in [0.1, 0.15) is 11.6 Å². The maximum Gasteiger partial charge on any atom is 0.186 e. The van der Waals surface area contributed by atoms with Crippen LogP contribution in [-0.4, -0.2) is 24.0 Å².